The Morgan fingerprint density at radius 2 is 1.57 bits per heavy atom. The van der Waals surface area contributed by atoms with E-state index in [1.165, 1.54) is 28.3 Å². The maximum absolute atomic E-state index is 11.5. The van der Waals surface area contributed by atoms with E-state index in [0.717, 1.165) is 11.8 Å². The van der Waals surface area contributed by atoms with Crippen molar-refractivity contribution in [2.24, 2.45) is 0 Å². The van der Waals surface area contributed by atoms with Crippen LogP contribution in [0, 0.1) is 0 Å². The lowest BCUT2D eigenvalue weighted by molar-refractivity contribution is 0.101. The monoisotopic (exact) mass is 314 g/mol. The molecule has 0 N–H and O–H groups in total. The van der Waals surface area contributed by atoms with Crippen molar-refractivity contribution in [3.05, 3.63) is 41.5 Å². The molecule has 0 spiro atoms. The first kappa shape index (κ1) is 16.5. The second-order valence-electron chi connectivity index (χ2n) is 4.86. The maximum atomic E-state index is 11.5. The number of benzene rings is 2. The van der Waals surface area contributed by atoms with Gasteiger partial charge in [0.15, 0.2) is 23.6 Å². The summed E-state index contributed by atoms with van der Waals surface area (Å²) in [4.78, 5) is 22.9. The predicted octanol–water partition coefficient (Wildman–Crippen LogP) is 3.39. The average Bonchev–Trinajstić information content (AvgIpc) is 2.59. The van der Waals surface area contributed by atoms with E-state index >= 15 is 0 Å². The second-order valence-corrected chi connectivity index (χ2v) is 4.86. The van der Waals surface area contributed by atoms with Crippen LogP contribution >= 0.6 is 0 Å². The Bertz CT molecular complexity index is 732. The van der Waals surface area contributed by atoms with Gasteiger partial charge in [0, 0.05) is 16.7 Å². The molecule has 0 saturated heterocycles. The third-order valence-electron chi connectivity index (χ3n) is 3.57. The molecule has 0 saturated carbocycles. The Hall–Kier alpha value is -2.82. The molecule has 2 aromatic rings. The fourth-order valence-electron chi connectivity index (χ4n) is 2.44. The summed E-state index contributed by atoms with van der Waals surface area (Å²) in [5, 5.41) is 0. The molecule has 120 valence electrons. The van der Waals surface area contributed by atoms with Gasteiger partial charge in [0.05, 0.1) is 21.3 Å². The van der Waals surface area contributed by atoms with E-state index in [-0.39, 0.29) is 5.78 Å². The summed E-state index contributed by atoms with van der Waals surface area (Å²) in [6.07, 6.45) is 0.735. The van der Waals surface area contributed by atoms with Crippen molar-refractivity contribution in [2.75, 3.05) is 21.3 Å². The number of hydrogen-bond acceptors (Lipinski definition) is 5. The molecule has 0 aliphatic carbocycles. The number of aldehydes is 1. The molecule has 0 heterocycles. The van der Waals surface area contributed by atoms with Crippen LogP contribution < -0.4 is 14.2 Å². The first-order chi connectivity index (χ1) is 11.1. The fourth-order valence-corrected chi connectivity index (χ4v) is 2.44. The van der Waals surface area contributed by atoms with E-state index in [9.17, 15) is 9.59 Å². The van der Waals surface area contributed by atoms with Gasteiger partial charge in [-0.05, 0) is 18.6 Å². The highest BCUT2D eigenvalue weighted by atomic mass is 16.5. The minimum atomic E-state index is -0.0218. The highest BCUT2D eigenvalue weighted by Crippen LogP contribution is 2.46. The van der Waals surface area contributed by atoms with Crippen LogP contribution in [0.2, 0.25) is 0 Å². The molecule has 5 nitrogen and oxygen atoms in total. The van der Waals surface area contributed by atoms with Crippen LogP contribution in [0.25, 0.3) is 11.1 Å². The lowest BCUT2D eigenvalue weighted by atomic mass is 9.96. The summed E-state index contributed by atoms with van der Waals surface area (Å²) in [6.45, 7) is 1.50. The number of ketones is 1. The van der Waals surface area contributed by atoms with E-state index in [2.05, 4.69) is 0 Å². The van der Waals surface area contributed by atoms with Crippen molar-refractivity contribution < 1.29 is 23.8 Å². The molecule has 0 aromatic heterocycles. The highest BCUT2D eigenvalue weighted by molar-refractivity contribution is 5.96. The molecule has 23 heavy (non-hydrogen) atoms. The largest absolute Gasteiger partial charge is 0.493 e. The van der Waals surface area contributed by atoms with Crippen molar-refractivity contribution in [1.82, 2.24) is 0 Å². The van der Waals surface area contributed by atoms with E-state index in [1.807, 2.05) is 0 Å². The van der Waals surface area contributed by atoms with Gasteiger partial charge in [-0.15, -0.1) is 0 Å². The van der Waals surface area contributed by atoms with E-state index < -0.39 is 0 Å². The lowest BCUT2D eigenvalue weighted by Crippen LogP contribution is -2.01. The van der Waals surface area contributed by atoms with Crippen molar-refractivity contribution >= 4 is 12.1 Å². The SMILES string of the molecule is COc1cc(C=O)c(-c2ccc(C(C)=O)cc2)c(OC)c1OC. The summed E-state index contributed by atoms with van der Waals surface area (Å²) in [6, 6.07) is 8.56. The topological polar surface area (TPSA) is 61.8 Å². The van der Waals surface area contributed by atoms with Crippen LogP contribution in [0.5, 0.6) is 17.2 Å². The number of carbonyl (C=O) groups is 2. The molecule has 0 fully saturated rings. The quantitative estimate of drug-likeness (QED) is 0.604. The zero-order valence-electron chi connectivity index (χ0n) is 13.5. The van der Waals surface area contributed by atoms with Gasteiger partial charge in [0.1, 0.15) is 0 Å². The number of Topliss-reactive ketones (excluding diaryl/α,β-unsaturated/α-hetero) is 1. The molecule has 0 aliphatic rings. The Balaban J connectivity index is 2.73. The van der Waals surface area contributed by atoms with E-state index in [4.69, 9.17) is 14.2 Å². The lowest BCUT2D eigenvalue weighted by Gasteiger charge is -2.18. The molecular weight excluding hydrogens is 296 g/mol. The van der Waals surface area contributed by atoms with Crippen LogP contribution in [0.1, 0.15) is 27.6 Å². The van der Waals surface area contributed by atoms with Gasteiger partial charge in [-0.25, -0.2) is 0 Å². The molecule has 0 aliphatic heterocycles. The average molecular weight is 314 g/mol. The van der Waals surface area contributed by atoms with Gasteiger partial charge >= 0.3 is 0 Å². The standard InChI is InChI=1S/C18H18O5/c1-11(20)12-5-7-13(8-6-12)16-14(10-19)9-15(21-2)17(22-3)18(16)23-4/h5-10H,1-4H3. The summed E-state index contributed by atoms with van der Waals surface area (Å²) < 4.78 is 16.1. The van der Waals surface area contributed by atoms with Crippen LogP contribution in [-0.2, 0) is 0 Å². The Kier molecular flexibility index (Phi) is 5.01. The van der Waals surface area contributed by atoms with Crippen molar-refractivity contribution in [2.45, 2.75) is 6.92 Å². The van der Waals surface area contributed by atoms with Crippen LogP contribution in [0.4, 0.5) is 0 Å². The zero-order chi connectivity index (χ0) is 17.0. The molecule has 0 amide bonds. The highest BCUT2D eigenvalue weighted by Gasteiger charge is 2.21. The van der Waals surface area contributed by atoms with Crippen molar-refractivity contribution in [3.8, 4) is 28.4 Å². The smallest absolute Gasteiger partial charge is 0.203 e. The molecular formula is C18H18O5. The van der Waals surface area contributed by atoms with Crippen molar-refractivity contribution in [1.29, 1.82) is 0 Å². The van der Waals surface area contributed by atoms with Gasteiger partial charge in [0.25, 0.3) is 0 Å². The first-order valence-corrected chi connectivity index (χ1v) is 6.96. The van der Waals surface area contributed by atoms with E-state index in [0.29, 0.717) is 33.9 Å². The molecule has 2 rings (SSSR count). The van der Waals surface area contributed by atoms with E-state index in [1.54, 1.807) is 30.3 Å². The summed E-state index contributed by atoms with van der Waals surface area (Å²) >= 11 is 0. The second kappa shape index (κ2) is 6.96. The van der Waals surface area contributed by atoms with Gasteiger partial charge in [-0.3, -0.25) is 9.59 Å². The third-order valence-corrected chi connectivity index (χ3v) is 3.57. The summed E-state index contributed by atoms with van der Waals surface area (Å²) in [5.74, 6) is 1.21. The number of carbonyl (C=O) groups excluding carboxylic acids is 2. The molecule has 0 atom stereocenters. The maximum Gasteiger partial charge on any atom is 0.203 e. The third kappa shape index (κ3) is 3.04. The number of hydrogen-bond donors (Lipinski definition) is 0. The number of rotatable bonds is 6. The fraction of sp³-hybridized carbons (Fsp3) is 0.222. The Morgan fingerprint density at radius 1 is 0.957 bits per heavy atom. The number of methoxy groups -OCH3 is 3. The van der Waals surface area contributed by atoms with Gasteiger partial charge in [-0.2, -0.15) is 0 Å². The predicted molar refractivity (Wildman–Crippen MR) is 86.9 cm³/mol. The molecule has 0 bridgehead atoms. The Labute approximate surface area is 134 Å². The summed E-state index contributed by atoms with van der Waals surface area (Å²) in [7, 11) is 4.50. The van der Waals surface area contributed by atoms with Gasteiger partial charge in [0.2, 0.25) is 5.75 Å². The van der Waals surface area contributed by atoms with Crippen LogP contribution in [0.3, 0.4) is 0 Å². The van der Waals surface area contributed by atoms with Gasteiger partial charge < -0.3 is 14.2 Å². The van der Waals surface area contributed by atoms with Crippen molar-refractivity contribution in [3.63, 3.8) is 0 Å². The molecule has 0 radical (unpaired) electrons. The minimum absolute atomic E-state index is 0.0218. The Morgan fingerprint density at radius 3 is 2.00 bits per heavy atom. The minimum Gasteiger partial charge on any atom is -0.493 e. The molecule has 0 unspecified atom stereocenters. The van der Waals surface area contributed by atoms with Gasteiger partial charge in [-0.1, -0.05) is 24.3 Å². The zero-order valence-corrected chi connectivity index (χ0v) is 13.5. The number of ether oxygens (including phenoxy) is 3. The normalized spacial score (nSPS) is 10.1. The molecule has 2 aromatic carbocycles. The first-order valence-electron chi connectivity index (χ1n) is 6.96. The van der Waals surface area contributed by atoms with Crippen LogP contribution in [-0.4, -0.2) is 33.4 Å². The van der Waals surface area contributed by atoms with Crippen LogP contribution in [0.15, 0.2) is 30.3 Å². The molecule has 5 heteroatoms. The summed E-state index contributed by atoms with van der Waals surface area (Å²) in [5.41, 5.74) is 2.35.